The number of nitrogens with zero attached hydrogens (tertiary/aromatic N) is 1. The second kappa shape index (κ2) is 6.86. The molecular weight excluding hydrogens is 256 g/mol. The molecule has 0 aromatic carbocycles. The van der Waals surface area contributed by atoms with Gasteiger partial charge in [0.05, 0.1) is 0 Å². The van der Waals surface area contributed by atoms with Crippen molar-refractivity contribution in [3.05, 3.63) is 0 Å². The number of hydrogen-bond acceptors (Lipinski definition) is 3. The van der Waals surface area contributed by atoms with Crippen LogP contribution in [-0.4, -0.2) is 35.7 Å². The second-order valence-corrected chi connectivity index (χ2v) is 6.60. The fourth-order valence-corrected chi connectivity index (χ4v) is 2.18. The lowest BCUT2D eigenvalue weighted by Gasteiger charge is -2.18. The Kier molecular flexibility index (Phi) is 5.72. The van der Waals surface area contributed by atoms with Gasteiger partial charge < -0.3 is 5.32 Å². The molecule has 0 radical (unpaired) electrons. The number of imide groups is 1. The Labute approximate surface area is 121 Å². The Balaban J connectivity index is 2.31. The van der Waals surface area contributed by atoms with Crippen molar-refractivity contribution in [3.8, 4) is 0 Å². The summed E-state index contributed by atoms with van der Waals surface area (Å²) in [4.78, 5) is 36.5. The summed E-state index contributed by atoms with van der Waals surface area (Å²) in [5, 5.41) is 2.83. The molecule has 20 heavy (non-hydrogen) atoms. The number of likely N-dealkylation sites (tertiary alicyclic amines) is 1. The van der Waals surface area contributed by atoms with E-state index in [4.69, 9.17) is 0 Å². The molecule has 3 amide bonds. The van der Waals surface area contributed by atoms with Crippen molar-refractivity contribution < 1.29 is 14.4 Å². The van der Waals surface area contributed by atoms with E-state index < -0.39 is 0 Å². The van der Waals surface area contributed by atoms with Crippen molar-refractivity contribution in [1.29, 1.82) is 0 Å². The van der Waals surface area contributed by atoms with Crippen LogP contribution in [0.15, 0.2) is 0 Å². The van der Waals surface area contributed by atoms with Gasteiger partial charge >= 0.3 is 0 Å². The van der Waals surface area contributed by atoms with Gasteiger partial charge in [-0.3, -0.25) is 19.3 Å². The average molecular weight is 282 g/mol. The van der Waals surface area contributed by atoms with Gasteiger partial charge in [-0.2, -0.15) is 0 Å². The molecule has 1 heterocycles. The molecule has 1 N–H and O–H groups in total. The summed E-state index contributed by atoms with van der Waals surface area (Å²) in [7, 11) is 0. The molecule has 114 valence electrons. The van der Waals surface area contributed by atoms with Crippen LogP contribution in [-0.2, 0) is 14.4 Å². The van der Waals surface area contributed by atoms with Crippen LogP contribution in [0.1, 0.15) is 53.4 Å². The zero-order valence-corrected chi connectivity index (χ0v) is 13.0. The molecule has 0 bridgehead atoms. The first-order chi connectivity index (χ1) is 9.24. The topological polar surface area (TPSA) is 66.5 Å². The van der Waals surface area contributed by atoms with E-state index in [9.17, 15) is 14.4 Å². The molecule has 0 aliphatic carbocycles. The highest BCUT2D eigenvalue weighted by atomic mass is 16.2. The SMILES string of the molecule is CCC1CC(=O)N(CCC(=O)NCCC(C)(C)C)C1=O. The number of carbonyl (C=O) groups is 3. The summed E-state index contributed by atoms with van der Waals surface area (Å²) in [5.74, 6) is -0.564. The van der Waals surface area contributed by atoms with E-state index in [1.165, 1.54) is 4.90 Å². The van der Waals surface area contributed by atoms with Gasteiger partial charge in [-0.25, -0.2) is 0 Å². The first kappa shape index (κ1) is 16.7. The molecule has 1 atom stereocenters. The van der Waals surface area contributed by atoms with Crippen LogP contribution in [0.5, 0.6) is 0 Å². The first-order valence-electron chi connectivity index (χ1n) is 7.35. The minimum Gasteiger partial charge on any atom is -0.356 e. The molecule has 1 saturated heterocycles. The number of hydrogen-bond donors (Lipinski definition) is 1. The lowest BCUT2D eigenvalue weighted by atomic mass is 9.92. The molecule has 1 aliphatic rings. The van der Waals surface area contributed by atoms with Gasteiger partial charge in [-0.1, -0.05) is 27.7 Å². The zero-order chi connectivity index (χ0) is 15.3. The van der Waals surface area contributed by atoms with E-state index in [-0.39, 0.29) is 42.0 Å². The maximum Gasteiger partial charge on any atom is 0.232 e. The van der Waals surface area contributed by atoms with Crippen LogP contribution in [0.2, 0.25) is 0 Å². The minimum absolute atomic E-state index is 0.102. The van der Waals surface area contributed by atoms with Gasteiger partial charge in [0.2, 0.25) is 17.7 Å². The summed E-state index contributed by atoms with van der Waals surface area (Å²) in [6, 6.07) is 0. The molecule has 0 aromatic heterocycles. The van der Waals surface area contributed by atoms with E-state index in [1.54, 1.807) is 0 Å². The second-order valence-electron chi connectivity index (χ2n) is 6.60. The Bertz CT molecular complexity index is 385. The maximum atomic E-state index is 11.9. The molecule has 5 heteroatoms. The van der Waals surface area contributed by atoms with Crippen LogP contribution in [0, 0.1) is 11.3 Å². The van der Waals surface area contributed by atoms with E-state index in [0.29, 0.717) is 19.4 Å². The molecule has 0 saturated carbocycles. The van der Waals surface area contributed by atoms with Crippen molar-refractivity contribution in [2.45, 2.75) is 53.4 Å². The van der Waals surface area contributed by atoms with Crippen molar-refractivity contribution in [1.82, 2.24) is 10.2 Å². The van der Waals surface area contributed by atoms with Crippen molar-refractivity contribution in [3.63, 3.8) is 0 Å². The molecule has 1 fully saturated rings. The minimum atomic E-state index is -0.188. The molecule has 0 spiro atoms. The third-order valence-corrected chi connectivity index (χ3v) is 3.59. The number of amides is 3. The van der Waals surface area contributed by atoms with E-state index >= 15 is 0 Å². The highest BCUT2D eigenvalue weighted by molar-refractivity contribution is 6.03. The quantitative estimate of drug-likeness (QED) is 0.754. The highest BCUT2D eigenvalue weighted by Gasteiger charge is 2.36. The predicted molar refractivity (Wildman–Crippen MR) is 76.8 cm³/mol. The highest BCUT2D eigenvalue weighted by Crippen LogP contribution is 2.22. The summed E-state index contributed by atoms with van der Waals surface area (Å²) in [6.07, 6.45) is 2.07. The van der Waals surface area contributed by atoms with Crippen LogP contribution in [0.3, 0.4) is 0 Å². The van der Waals surface area contributed by atoms with Gasteiger partial charge in [0.1, 0.15) is 0 Å². The number of rotatable bonds is 6. The lowest BCUT2D eigenvalue weighted by molar-refractivity contribution is -0.139. The van der Waals surface area contributed by atoms with Crippen molar-refractivity contribution in [2.24, 2.45) is 11.3 Å². The van der Waals surface area contributed by atoms with Crippen molar-refractivity contribution >= 4 is 17.7 Å². The van der Waals surface area contributed by atoms with Crippen molar-refractivity contribution in [2.75, 3.05) is 13.1 Å². The maximum absolute atomic E-state index is 11.9. The van der Waals surface area contributed by atoms with Gasteiger partial charge in [0, 0.05) is 31.8 Å². The monoisotopic (exact) mass is 282 g/mol. The molecular formula is C15H26N2O3. The third kappa shape index (κ3) is 4.94. The Morgan fingerprint density at radius 2 is 2.00 bits per heavy atom. The fraction of sp³-hybridized carbons (Fsp3) is 0.800. The fourth-order valence-electron chi connectivity index (χ4n) is 2.18. The third-order valence-electron chi connectivity index (χ3n) is 3.59. The van der Waals surface area contributed by atoms with E-state index in [0.717, 1.165) is 6.42 Å². The molecule has 0 aromatic rings. The van der Waals surface area contributed by atoms with E-state index in [2.05, 4.69) is 26.1 Å². The number of nitrogens with one attached hydrogen (secondary N) is 1. The van der Waals surface area contributed by atoms with Crippen LogP contribution < -0.4 is 5.32 Å². The smallest absolute Gasteiger partial charge is 0.232 e. The van der Waals surface area contributed by atoms with Gasteiger partial charge in [-0.05, 0) is 18.3 Å². The summed E-state index contributed by atoms with van der Waals surface area (Å²) in [6.45, 7) is 9.08. The van der Waals surface area contributed by atoms with Gasteiger partial charge in [-0.15, -0.1) is 0 Å². The van der Waals surface area contributed by atoms with Gasteiger partial charge in [0.15, 0.2) is 0 Å². The molecule has 1 unspecified atom stereocenters. The Morgan fingerprint density at radius 3 is 2.50 bits per heavy atom. The van der Waals surface area contributed by atoms with Crippen LogP contribution in [0.4, 0.5) is 0 Å². The molecule has 5 nitrogen and oxygen atoms in total. The van der Waals surface area contributed by atoms with Crippen LogP contribution in [0.25, 0.3) is 0 Å². The largest absolute Gasteiger partial charge is 0.356 e. The molecule has 1 aliphatic heterocycles. The summed E-state index contributed by atoms with van der Waals surface area (Å²) in [5.41, 5.74) is 0.183. The zero-order valence-electron chi connectivity index (χ0n) is 13.0. The standard InChI is InChI=1S/C15H26N2O3/c1-5-11-10-13(19)17(14(11)20)9-6-12(18)16-8-7-15(2,3)4/h11H,5-10H2,1-4H3,(H,16,18). The predicted octanol–water partition coefficient (Wildman–Crippen LogP) is 1.71. The van der Waals surface area contributed by atoms with E-state index in [1.807, 2.05) is 6.92 Å². The Morgan fingerprint density at radius 1 is 1.35 bits per heavy atom. The first-order valence-corrected chi connectivity index (χ1v) is 7.35. The summed E-state index contributed by atoms with van der Waals surface area (Å²) < 4.78 is 0. The lowest BCUT2D eigenvalue weighted by Crippen LogP contribution is -2.35. The number of carbonyl (C=O) groups excluding carboxylic acids is 3. The molecule has 1 rings (SSSR count). The van der Waals surface area contributed by atoms with Crippen LogP contribution >= 0.6 is 0 Å². The average Bonchev–Trinajstić information content (AvgIpc) is 2.60. The van der Waals surface area contributed by atoms with Gasteiger partial charge in [0.25, 0.3) is 0 Å². The Hall–Kier alpha value is -1.39. The summed E-state index contributed by atoms with van der Waals surface area (Å²) >= 11 is 0. The normalized spacial score (nSPS) is 19.6.